The molecule has 0 amide bonds. The monoisotopic (exact) mass is 691 g/mol. The molecule has 0 radical (unpaired) electrons. The maximum atomic E-state index is 0. The molecule has 0 aromatic rings. The summed E-state index contributed by atoms with van der Waals surface area (Å²) in [7, 11) is 0. The fourth-order valence-electron chi connectivity index (χ4n) is 0. The molecule has 0 aromatic heterocycles. The Hall–Kier alpha value is 5.10. The second kappa shape index (κ2) is 632. The molecule has 0 aromatic carbocycles. The van der Waals surface area contributed by atoms with E-state index in [1.165, 1.54) is 0 Å². The van der Waals surface area contributed by atoms with Gasteiger partial charge in [0, 0.05) is 0 Å². The maximum Gasteiger partial charge on any atom is 4.00 e. The summed E-state index contributed by atoms with van der Waals surface area (Å²) in [6, 6.07) is 0. The third-order valence-corrected chi connectivity index (χ3v) is 0. The first-order chi connectivity index (χ1) is 0. The molecular weight excluding hydrogens is 697 g/mol. The van der Waals surface area contributed by atoms with Gasteiger partial charge in [0.15, 0.2) is 0 Å². The van der Waals surface area contributed by atoms with Gasteiger partial charge in [0.2, 0.25) is 0 Å². The molecule has 0 atom stereocenters. The van der Waals surface area contributed by atoms with Crippen LogP contribution in [0.5, 0.6) is 0 Å². The third-order valence-electron chi connectivity index (χ3n) is 0. The molecule has 0 saturated carbocycles. The summed E-state index contributed by atoms with van der Waals surface area (Å²) in [5.41, 5.74) is 0. The van der Waals surface area contributed by atoms with Crippen molar-refractivity contribution in [2.24, 2.45) is 0 Å². The minimum atomic E-state index is 0. The largest absolute Gasteiger partial charge is 4.00 e. The van der Waals surface area contributed by atoms with Crippen molar-refractivity contribution in [1.29, 1.82) is 0 Å². The maximum absolute atomic E-state index is 0. The van der Waals surface area contributed by atoms with E-state index in [1.807, 2.05) is 0 Å². The van der Waals surface area contributed by atoms with E-state index in [9.17, 15) is 0 Å². The van der Waals surface area contributed by atoms with Gasteiger partial charge in [0.1, 0.15) is 0 Å². The smallest absolute Gasteiger partial charge is 2.00 e. The van der Waals surface area contributed by atoms with Gasteiger partial charge in [-0.1, -0.05) is 0 Å². The van der Waals surface area contributed by atoms with Crippen molar-refractivity contribution in [1.82, 2.24) is 0 Å². The van der Waals surface area contributed by atoms with Crippen LogP contribution in [0.2, 0.25) is 0 Å². The first-order valence-corrected chi connectivity index (χ1v) is 0. The van der Waals surface area contributed by atoms with Crippen molar-refractivity contribution in [3.63, 3.8) is 0 Å². The molecule has 14 nitrogen and oxygen atoms in total. The zero-order chi connectivity index (χ0) is 0. The zero-order valence-electron chi connectivity index (χ0n) is 10.0. The summed E-state index contributed by atoms with van der Waals surface area (Å²) >= 11 is 0. The van der Waals surface area contributed by atoms with Crippen LogP contribution in [0.1, 0.15) is 0 Å². The molecule has 0 aliphatic carbocycles. The second-order valence-corrected chi connectivity index (χ2v) is 0. The average molecular weight is 697 g/mol. The van der Waals surface area contributed by atoms with Gasteiger partial charge in [-0.25, -0.2) is 0 Å². The van der Waals surface area contributed by atoms with E-state index in [-0.39, 0.29) is 251 Å². The van der Waals surface area contributed by atoms with Crippen molar-refractivity contribution < 1.29 is 181 Å². The van der Waals surface area contributed by atoms with Crippen LogP contribution in [0, 0.1) is 0 Å². The Morgan fingerprint density at radius 2 is 0.136 bits per heavy atom. The van der Waals surface area contributed by atoms with Gasteiger partial charge in [-0.2, -0.15) is 0 Å². The Bertz CT molecular complexity index is 28.8. The molecule has 0 N–H and O–H groups in total. The quantitative estimate of drug-likeness (QED) is 0.226. The van der Waals surface area contributed by atoms with Gasteiger partial charge < -0.3 is 76.7 Å². The number of hydrogen-bond acceptors (Lipinski definition) is 0. The third kappa shape index (κ3) is 560. The molecule has 0 rings (SSSR count). The van der Waals surface area contributed by atoms with Crippen LogP contribution in [0.4, 0.5) is 0 Å². The van der Waals surface area contributed by atoms with Crippen molar-refractivity contribution >= 4 is 69.4 Å². The number of rotatable bonds is 0. The van der Waals surface area contributed by atoms with Crippen LogP contribution < -0.4 is 0 Å². The molecule has 0 aliphatic heterocycles. The summed E-state index contributed by atoms with van der Waals surface area (Å²) in [5, 5.41) is 0. The Kier molecular flexibility index (Phi) is 20400. The predicted octanol–water partition coefficient (Wildman–Crippen LogP) is -3.20. The van der Waals surface area contributed by atoms with Crippen LogP contribution in [-0.4, -0.2) is 69.4 Å². The van der Waals surface area contributed by atoms with E-state index < -0.39 is 0 Å². The van der Waals surface area contributed by atoms with Gasteiger partial charge in [0.05, 0.1) is 0 Å². The van der Waals surface area contributed by atoms with E-state index in [0.29, 0.717) is 0 Å². The van der Waals surface area contributed by atoms with Gasteiger partial charge >= 0.3 is 174 Å². The van der Waals surface area contributed by atoms with Crippen LogP contribution in [0.15, 0.2) is 0 Å². The minimum Gasteiger partial charge on any atom is -2.00 e. The second-order valence-electron chi connectivity index (χ2n) is 0. The zero-order valence-corrected chi connectivity index (χ0v) is 24.5. The van der Waals surface area contributed by atoms with Crippen molar-refractivity contribution in [2.45, 2.75) is 0 Å². The molecule has 0 fully saturated rings. The Morgan fingerprint density at radius 3 is 0.136 bits per heavy atom. The Labute approximate surface area is 247 Å². The van der Waals surface area contributed by atoms with E-state index in [2.05, 4.69) is 0 Å². The molecule has 112 valence electrons. The molecular formula is Al4O14Zr4. The predicted molar refractivity (Wildman–Crippen MR) is 32.6 cm³/mol. The van der Waals surface area contributed by atoms with Gasteiger partial charge in [-0.15, -0.1) is 0 Å². The Morgan fingerprint density at radius 1 is 0.136 bits per heavy atom. The van der Waals surface area contributed by atoms with Crippen LogP contribution in [0.25, 0.3) is 0 Å². The van der Waals surface area contributed by atoms with Gasteiger partial charge in [0.25, 0.3) is 0 Å². The van der Waals surface area contributed by atoms with E-state index in [4.69, 9.17) is 0 Å². The minimum absolute atomic E-state index is 0. The molecule has 22 heteroatoms. The molecule has 22 heavy (non-hydrogen) atoms. The molecule has 0 heterocycles. The summed E-state index contributed by atoms with van der Waals surface area (Å²) < 4.78 is 0. The normalized spacial score (nSPS) is 0. The van der Waals surface area contributed by atoms with Gasteiger partial charge in [-0.3, -0.25) is 0 Å². The van der Waals surface area contributed by atoms with Crippen LogP contribution >= 0.6 is 0 Å². The molecule has 0 aliphatic rings. The fraction of sp³-hybridized carbons (Fsp3) is 0. The fourth-order valence-corrected chi connectivity index (χ4v) is 0. The summed E-state index contributed by atoms with van der Waals surface area (Å²) in [5.74, 6) is 0. The molecule has 0 saturated heterocycles. The first kappa shape index (κ1) is 709. The molecule has 0 bridgehead atoms. The van der Waals surface area contributed by atoms with Crippen molar-refractivity contribution in [3.8, 4) is 0 Å². The molecule has 0 spiro atoms. The van der Waals surface area contributed by atoms with Crippen molar-refractivity contribution in [2.75, 3.05) is 0 Å². The van der Waals surface area contributed by atoms with Gasteiger partial charge in [-0.05, 0) is 0 Å². The van der Waals surface area contributed by atoms with Crippen molar-refractivity contribution in [3.05, 3.63) is 0 Å². The van der Waals surface area contributed by atoms with Crippen LogP contribution in [0.3, 0.4) is 0 Å². The summed E-state index contributed by atoms with van der Waals surface area (Å²) in [4.78, 5) is 0. The van der Waals surface area contributed by atoms with E-state index in [1.54, 1.807) is 0 Å². The van der Waals surface area contributed by atoms with E-state index in [0.717, 1.165) is 0 Å². The standard InChI is InChI=1S/4Al.14O.4Zr/q4*+3;14*-2;4*+4. The first-order valence-electron chi connectivity index (χ1n) is 0. The average Bonchev–Trinajstić information content (AvgIpc) is 0. The van der Waals surface area contributed by atoms with Crippen LogP contribution in [-0.2, 0) is 181 Å². The SMILES string of the molecule is [Al+3].[Al+3].[Al+3].[Al+3].[O-2].[O-2].[O-2].[O-2].[O-2].[O-2].[O-2].[O-2].[O-2].[O-2].[O-2].[O-2].[O-2].[O-2].[Zr+4].[Zr+4].[Zr+4].[Zr+4]. The summed E-state index contributed by atoms with van der Waals surface area (Å²) in [6.45, 7) is 0. The Balaban J connectivity index is 0. The number of hydrogen-bond donors (Lipinski definition) is 0. The summed E-state index contributed by atoms with van der Waals surface area (Å²) in [6.07, 6.45) is 0. The van der Waals surface area contributed by atoms with E-state index >= 15 is 0 Å². The molecule has 0 unspecified atom stereocenters. The topological polar surface area (TPSA) is 399 Å².